The second-order valence-corrected chi connectivity index (χ2v) is 9.52. The first-order valence-electron chi connectivity index (χ1n) is 10.1. The number of amides is 1. The maximum atomic E-state index is 12.6. The molecule has 7 heteroatoms. The number of hydrogen-bond donors (Lipinski definition) is 2. The van der Waals surface area contributed by atoms with E-state index in [4.69, 9.17) is 0 Å². The highest BCUT2D eigenvalue weighted by Crippen LogP contribution is 2.33. The molecule has 2 aliphatic heterocycles. The minimum absolute atomic E-state index is 0.127. The third kappa shape index (κ3) is 2.96. The second kappa shape index (κ2) is 7.00. The van der Waals surface area contributed by atoms with Gasteiger partial charge < -0.3 is 10.3 Å². The lowest BCUT2D eigenvalue weighted by atomic mass is 9.96. The molecule has 1 aromatic heterocycles. The molecule has 0 spiro atoms. The maximum absolute atomic E-state index is 12.6. The number of sulfonamides is 1. The molecule has 0 bridgehead atoms. The average molecular weight is 410 g/mol. The number of aromatic amines is 1. The largest absolute Gasteiger partial charge is 0.357 e. The molecule has 150 valence electrons. The van der Waals surface area contributed by atoms with Crippen molar-refractivity contribution < 1.29 is 13.2 Å². The SMILES string of the molecule is O=C1c2ccccc2S(=O)(=O)N1CCCCC1NCCc2c1[nH]c1ccccc21. The molecule has 0 fully saturated rings. The molecule has 2 aliphatic rings. The lowest BCUT2D eigenvalue weighted by molar-refractivity contribution is 0.0869. The van der Waals surface area contributed by atoms with Crippen molar-refractivity contribution in [3.63, 3.8) is 0 Å². The molecular weight excluding hydrogens is 386 g/mol. The van der Waals surface area contributed by atoms with Crippen LogP contribution >= 0.6 is 0 Å². The molecule has 0 aliphatic carbocycles. The average Bonchev–Trinajstić information content (AvgIpc) is 3.20. The summed E-state index contributed by atoms with van der Waals surface area (Å²) < 4.78 is 26.3. The molecule has 1 amide bonds. The van der Waals surface area contributed by atoms with Gasteiger partial charge in [0.15, 0.2) is 0 Å². The normalized spacial score (nSPS) is 20.1. The molecule has 29 heavy (non-hydrogen) atoms. The van der Waals surface area contributed by atoms with Crippen LogP contribution in [0.1, 0.15) is 46.9 Å². The van der Waals surface area contributed by atoms with Gasteiger partial charge in [-0.25, -0.2) is 12.7 Å². The molecule has 1 atom stereocenters. The quantitative estimate of drug-likeness (QED) is 0.633. The number of para-hydroxylation sites is 1. The predicted molar refractivity (Wildman–Crippen MR) is 111 cm³/mol. The van der Waals surface area contributed by atoms with Gasteiger partial charge in [0.05, 0.1) is 5.56 Å². The van der Waals surface area contributed by atoms with E-state index in [1.807, 2.05) is 6.07 Å². The number of carbonyl (C=O) groups excluding carboxylic acids is 1. The number of nitrogens with one attached hydrogen (secondary N) is 2. The van der Waals surface area contributed by atoms with Crippen LogP contribution in [0.5, 0.6) is 0 Å². The van der Waals surface area contributed by atoms with Gasteiger partial charge in [-0.05, 0) is 56.0 Å². The van der Waals surface area contributed by atoms with Crippen LogP contribution in [-0.4, -0.2) is 36.7 Å². The van der Waals surface area contributed by atoms with E-state index in [1.165, 1.54) is 22.7 Å². The van der Waals surface area contributed by atoms with Gasteiger partial charge in [0.25, 0.3) is 15.9 Å². The molecule has 2 N–H and O–H groups in total. The van der Waals surface area contributed by atoms with E-state index in [9.17, 15) is 13.2 Å². The van der Waals surface area contributed by atoms with Crippen LogP contribution in [0.15, 0.2) is 53.4 Å². The van der Waals surface area contributed by atoms with Crippen LogP contribution in [-0.2, 0) is 16.4 Å². The minimum Gasteiger partial charge on any atom is -0.357 e. The summed E-state index contributed by atoms with van der Waals surface area (Å²) in [6.07, 6.45) is 3.39. The Morgan fingerprint density at radius 3 is 2.69 bits per heavy atom. The maximum Gasteiger partial charge on any atom is 0.269 e. The topological polar surface area (TPSA) is 82.3 Å². The number of rotatable bonds is 5. The van der Waals surface area contributed by atoms with Gasteiger partial charge in [-0.3, -0.25) is 4.79 Å². The minimum atomic E-state index is -3.70. The van der Waals surface area contributed by atoms with E-state index in [0.29, 0.717) is 6.42 Å². The zero-order chi connectivity index (χ0) is 20.0. The van der Waals surface area contributed by atoms with Crippen molar-refractivity contribution in [3.05, 3.63) is 65.4 Å². The van der Waals surface area contributed by atoms with Crippen LogP contribution in [0, 0.1) is 0 Å². The smallest absolute Gasteiger partial charge is 0.269 e. The first kappa shape index (κ1) is 18.4. The van der Waals surface area contributed by atoms with Crippen molar-refractivity contribution in [2.75, 3.05) is 13.1 Å². The number of H-pyrrole nitrogens is 1. The second-order valence-electron chi connectivity index (χ2n) is 7.69. The number of hydrogen-bond acceptors (Lipinski definition) is 4. The van der Waals surface area contributed by atoms with Crippen LogP contribution in [0.4, 0.5) is 0 Å². The van der Waals surface area contributed by atoms with Crippen molar-refractivity contribution in [2.24, 2.45) is 0 Å². The molecule has 2 aromatic carbocycles. The van der Waals surface area contributed by atoms with Gasteiger partial charge in [0.2, 0.25) is 0 Å². The highest BCUT2D eigenvalue weighted by molar-refractivity contribution is 7.90. The van der Waals surface area contributed by atoms with E-state index in [1.54, 1.807) is 18.2 Å². The van der Waals surface area contributed by atoms with Gasteiger partial charge in [0.1, 0.15) is 4.90 Å². The molecule has 5 rings (SSSR count). The highest BCUT2D eigenvalue weighted by Gasteiger charge is 2.40. The number of aromatic nitrogens is 1. The number of carbonyl (C=O) groups is 1. The zero-order valence-corrected chi connectivity index (χ0v) is 16.8. The predicted octanol–water partition coefficient (Wildman–Crippen LogP) is 3.37. The molecule has 3 heterocycles. The number of unbranched alkanes of at least 4 members (excludes halogenated alkanes) is 1. The number of benzene rings is 2. The lowest BCUT2D eigenvalue weighted by Crippen LogP contribution is -2.32. The Labute approximate surface area is 170 Å². The van der Waals surface area contributed by atoms with Crippen molar-refractivity contribution in [1.29, 1.82) is 0 Å². The number of nitrogens with zero attached hydrogens (tertiary/aromatic N) is 1. The van der Waals surface area contributed by atoms with Gasteiger partial charge in [-0.15, -0.1) is 0 Å². The van der Waals surface area contributed by atoms with Crippen molar-refractivity contribution in [3.8, 4) is 0 Å². The van der Waals surface area contributed by atoms with E-state index in [-0.39, 0.29) is 23.0 Å². The standard InChI is InChI=1S/C22H23N3O3S/c26-22-17-8-2-4-11-20(17)29(27,28)25(22)14-6-5-10-19-21-16(12-13-23-19)15-7-1-3-9-18(15)24-21/h1-4,7-9,11,19,23-24H,5-6,10,12-14H2. The van der Waals surface area contributed by atoms with Gasteiger partial charge in [0, 0.05) is 29.2 Å². The Hall–Kier alpha value is -2.64. The Morgan fingerprint density at radius 1 is 1.03 bits per heavy atom. The van der Waals surface area contributed by atoms with Gasteiger partial charge in [-0.2, -0.15) is 0 Å². The molecule has 1 unspecified atom stereocenters. The fourth-order valence-corrected chi connectivity index (χ4v) is 6.17. The molecular formula is C22H23N3O3S. The molecule has 3 aromatic rings. The monoisotopic (exact) mass is 409 g/mol. The van der Waals surface area contributed by atoms with E-state index >= 15 is 0 Å². The van der Waals surface area contributed by atoms with Crippen LogP contribution in [0.2, 0.25) is 0 Å². The van der Waals surface area contributed by atoms with E-state index < -0.39 is 15.9 Å². The Bertz CT molecular complexity index is 1200. The Balaban J connectivity index is 1.25. The summed E-state index contributed by atoms with van der Waals surface area (Å²) in [5.74, 6) is -0.408. The van der Waals surface area contributed by atoms with Crippen molar-refractivity contribution in [1.82, 2.24) is 14.6 Å². The summed E-state index contributed by atoms with van der Waals surface area (Å²) in [7, 11) is -3.70. The first-order valence-corrected chi connectivity index (χ1v) is 11.5. The summed E-state index contributed by atoms with van der Waals surface area (Å²) in [5.41, 5.74) is 4.08. The van der Waals surface area contributed by atoms with Crippen molar-refractivity contribution >= 4 is 26.8 Å². The van der Waals surface area contributed by atoms with Gasteiger partial charge in [-0.1, -0.05) is 30.3 Å². The van der Waals surface area contributed by atoms with E-state index in [2.05, 4.69) is 28.5 Å². The molecule has 0 saturated carbocycles. The summed E-state index contributed by atoms with van der Waals surface area (Å²) in [6.45, 7) is 1.16. The Kier molecular flexibility index (Phi) is 4.44. The van der Waals surface area contributed by atoms with Crippen LogP contribution in [0.25, 0.3) is 10.9 Å². The third-order valence-electron chi connectivity index (χ3n) is 5.98. The summed E-state index contributed by atoms with van der Waals surface area (Å²) in [5, 5.41) is 4.87. The fraction of sp³-hybridized carbons (Fsp3) is 0.318. The molecule has 0 saturated heterocycles. The third-order valence-corrected chi connectivity index (χ3v) is 7.82. The lowest BCUT2D eigenvalue weighted by Gasteiger charge is -2.24. The first-order chi connectivity index (χ1) is 14.1. The zero-order valence-electron chi connectivity index (χ0n) is 16.0. The van der Waals surface area contributed by atoms with Gasteiger partial charge >= 0.3 is 0 Å². The highest BCUT2D eigenvalue weighted by atomic mass is 32.2. The molecule has 0 radical (unpaired) electrons. The van der Waals surface area contributed by atoms with E-state index in [0.717, 1.165) is 35.6 Å². The Morgan fingerprint density at radius 2 is 1.83 bits per heavy atom. The van der Waals surface area contributed by atoms with Crippen LogP contribution < -0.4 is 5.32 Å². The molecule has 6 nitrogen and oxygen atoms in total. The summed E-state index contributed by atoms with van der Waals surface area (Å²) >= 11 is 0. The van der Waals surface area contributed by atoms with Crippen molar-refractivity contribution in [2.45, 2.75) is 36.6 Å². The summed E-state index contributed by atoms with van der Waals surface area (Å²) in [6, 6.07) is 15.0. The number of fused-ring (bicyclic) bond motifs is 4. The fourth-order valence-electron chi connectivity index (χ4n) is 4.56. The summed E-state index contributed by atoms with van der Waals surface area (Å²) in [4.78, 5) is 16.2. The van der Waals surface area contributed by atoms with Crippen LogP contribution in [0.3, 0.4) is 0 Å².